The molecule has 6 nitrogen and oxygen atoms in total. The molecule has 0 aliphatic heterocycles. The fourth-order valence-corrected chi connectivity index (χ4v) is 1.29. The molecule has 2 aromatic rings. The van der Waals surface area contributed by atoms with Crippen molar-refractivity contribution < 1.29 is 4.79 Å². The Kier molecular flexibility index (Phi) is 3.15. The van der Waals surface area contributed by atoms with Gasteiger partial charge in [-0.2, -0.15) is 5.10 Å². The minimum Gasteiger partial charge on any atom is -0.304 e. The summed E-state index contributed by atoms with van der Waals surface area (Å²) < 4.78 is 0. The summed E-state index contributed by atoms with van der Waals surface area (Å²) in [5, 5.41) is 8.54. The number of aromatic nitrogens is 3. The van der Waals surface area contributed by atoms with E-state index >= 15 is 0 Å². The fraction of sp³-hybridized carbons (Fsp3) is 0. The zero-order valence-electron chi connectivity index (χ0n) is 8.48. The topological polar surface area (TPSA) is 87.7 Å². The molecular formula is C10H7ClN4O2. The zero-order valence-corrected chi connectivity index (χ0v) is 9.23. The predicted octanol–water partition coefficient (Wildman–Crippen LogP) is 1.07. The molecule has 0 saturated heterocycles. The Balaban J connectivity index is 2.17. The number of nitrogens with one attached hydrogen (secondary N) is 2. The molecule has 0 fully saturated rings. The first kappa shape index (κ1) is 11.3. The van der Waals surface area contributed by atoms with Crippen LogP contribution in [-0.4, -0.2) is 21.1 Å². The maximum absolute atomic E-state index is 11.7. The second kappa shape index (κ2) is 4.75. The number of carbonyl (C=O) groups is 1. The van der Waals surface area contributed by atoms with Crippen LogP contribution >= 0.6 is 11.6 Å². The summed E-state index contributed by atoms with van der Waals surface area (Å²) >= 11 is 5.66. The molecule has 17 heavy (non-hydrogen) atoms. The number of hydrogen-bond acceptors (Lipinski definition) is 4. The maximum Gasteiger partial charge on any atom is 0.275 e. The lowest BCUT2D eigenvalue weighted by Gasteiger charge is -2.02. The van der Waals surface area contributed by atoms with Crippen molar-refractivity contribution in [2.75, 3.05) is 5.32 Å². The molecule has 0 spiro atoms. The highest BCUT2D eigenvalue weighted by molar-refractivity contribution is 6.29. The molecule has 0 aliphatic carbocycles. The van der Waals surface area contributed by atoms with Crippen LogP contribution in [0.3, 0.4) is 0 Å². The number of carbonyl (C=O) groups excluding carboxylic acids is 1. The summed E-state index contributed by atoms with van der Waals surface area (Å²) in [5.41, 5.74) is -0.172. The molecule has 0 unspecified atom stereocenters. The zero-order chi connectivity index (χ0) is 12.3. The van der Waals surface area contributed by atoms with Gasteiger partial charge in [-0.05, 0) is 18.2 Å². The van der Waals surface area contributed by atoms with Gasteiger partial charge in [-0.1, -0.05) is 17.7 Å². The molecule has 0 radical (unpaired) electrons. The van der Waals surface area contributed by atoms with E-state index in [1.165, 1.54) is 18.2 Å². The van der Waals surface area contributed by atoms with Crippen LogP contribution in [0.5, 0.6) is 0 Å². The number of amides is 1. The lowest BCUT2D eigenvalue weighted by Crippen LogP contribution is -2.16. The third kappa shape index (κ3) is 2.88. The SMILES string of the molecule is O=C(Nc1ccc(=O)[nH]n1)c1cccc(Cl)n1. The lowest BCUT2D eigenvalue weighted by atomic mass is 10.3. The molecule has 2 N–H and O–H groups in total. The molecule has 7 heteroatoms. The molecular weight excluding hydrogens is 244 g/mol. The summed E-state index contributed by atoms with van der Waals surface area (Å²) in [4.78, 5) is 26.3. The second-order valence-electron chi connectivity index (χ2n) is 3.11. The highest BCUT2D eigenvalue weighted by Gasteiger charge is 2.08. The summed E-state index contributed by atoms with van der Waals surface area (Å²) in [6, 6.07) is 7.35. The van der Waals surface area contributed by atoms with E-state index in [0.717, 1.165) is 0 Å². The van der Waals surface area contributed by atoms with Crippen LogP contribution in [0.4, 0.5) is 5.82 Å². The first-order chi connectivity index (χ1) is 8.15. The third-order valence-corrected chi connectivity index (χ3v) is 2.08. The van der Waals surface area contributed by atoms with E-state index in [-0.39, 0.29) is 22.2 Å². The normalized spacial score (nSPS) is 9.94. The van der Waals surface area contributed by atoms with E-state index in [1.54, 1.807) is 12.1 Å². The van der Waals surface area contributed by atoms with Crippen molar-refractivity contribution in [1.29, 1.82) is 0 Å². The molecule has 86 valence electrons. The Morgan fingerprint density at radius 3 is 2.76 bits per heavy atom. The molecule has 2 rings (SSSR count). The first-order valence-corrected chi connectivity index (χ1v) is 5.02. The summed E-state index contributed by atoms with van der Waals surface area (Å²) in [5.74, 6) is -0.219. The molecule has 0 aromatic carbocycles. The molecule has 2 heterocycles. The number of aromatic amines is 1. The van der Waals surface area contributed by atoms with Crippen molar-refractivity contribution in [3.05, 3.63) is 51.5 Å². The summed E-state index contributed by atoms with van der Waals surface area (Å²) in [7, 11) is 0. The van der Waals surface area contributed by atoms with Crippen molar-refractivity contribution in [2.24, 2.45) is 0 Å². The van der Waals surface area contributed by atoms with Gasteiger partial charge < -0.3 is 5.32 Å². The number of nitrogens with zero attached hydrogens (tertiary/aromatic N) is 2. The van der Waals surface area contributed by atoms with Crippen LogP contribution in [-0.2, 0) is 0 Å². The predicted molar refractivity (Wildman–Crippen MR) is 62.1 cm³/mol. The van der Waals surface area contributed by atoms with Gasteiger partial charge >= 0.3 is 0 Å². The quantitative estimate of drug-likeness (QED) is 0.781. The smallest absolute Gasteiger partial charge is 0.275 e. The van der Waals surface area contributed by atoms with Gasteiger partial charge in [0.25, 0.3) is 11.5 Å². The van der Waals surface area contributed by atoms with Gasteiger partial charge in [0, 0.05) is 6.07 Å². The molecule has 0 saturated carbocycles. The largest absolute Gasteiger partial charge is 0.304 e. The Morgan fingerprint density at radius 1 is 1.29 bits per heavy atom. The summed E-state index contributed by atoms with van der Waals surface area (Å²) in [6.07, 6.45) is 0. The fourth-order valence-electron chi connectivity index (χ4n) is 1.13. The minimum absolute atomic E-state index is 0.172. The standard InChI is InChI=1S/C10H7ClN4O2/c11-7-3-1-2-6(12-7)10(17)13-8-4-5-9(16)15-14-8/h1-5H,(H,15,16)(H,13,14,17). The molecule has 0 aliphatic rings. The van der Waals surface area contributed by atoms with Crippen LogP contribution in [0.15, 0.2) is 35.1 Å². The van der Waals surface area contributed by atoms with E-state index in [0.29, 0.717) is 0 Å². The highest BCUT2D eigenvalue weighted by atomic mass is 35.5. The number of anilines is 1. The van der Waals surface area contributed by atoms with Gasteiger partial charge in [-0.25, -0.2) is 10.1 Å². The van der Waals surface area contributed by atoms with E-state index in [2.05, 4.69) is 20.5 Å². The highest BCUT2D eigenvalue weighted by Crippen LogP contribution is 2.07. The number of H-pyrrole nitrogens is 1. The van der Waals surface area contributed by atoms with Crippen LogP contribution in [0, 0.1) is 0 Å². The van der Waals surface area contributed by atoms with E-state index < -0.39 is 5.91 Å². The van der Waals surface area contributed by atoms with Gasteiger partial charge in [0.05, 0.1) is 0 Å². The summed E-state index contributed by atoms with van der Waals surface area (Å²) in [6.45, 7) is 0. The van der Waals surface area contributed by atoms with E-state index in [9.17, 15) is 9.59 Å². The Hall–Kier alpha value is -2.21. The Labute approximate surface area is 101 Å². The van der Waals surface area contributed by atoms with Crippen LogP contribution in [0.2, 0.25) is 5.15 Å². The van der Waals surface area contributed by atoms with Crippen LogP contribution in [0.1, 0.15) is 10.5 Å². The van der Waals surface area contributed by atoms with Crippen LogP contribution in [0.25, 0.3) is 0 Å². The maximum atomic E-state index is 11.7. The Morgan fingerprint density at radius 2 is 2.12 bits per heavy atom. The molecule has 0 bridgehead atoms. The van der Waals surface area contributed by atoms with Gasteiger partial charge in [0.15, 0.2) is 5.82 Å². The number of pyridine rings is 1. The van der Waals surface area contributed by atoms with E-state index in [1.807, 2.05) is 0 Å². The third-order valence-electron chi connectivity index (χ3n) is 1.87. The average molecular weight is 251 g/mol. The van der Waals surface area contributed by atoms with Crippen molar-refractivity contribution in [2.45, 2.75) is 0 Å². The Bertz CT molecular complexity index is 591. The average Bonchev–Trinajstić information content (AvgIpc) is 2.32. The lowest BCUT2D eigenvalue weighted by molar-refractivity contribution is 0.102. The van der Waals surface area contributed by atoms with E-state index in [4.69, 9.17) is 11.6 Å². The number of rotatable bonds is 2. The van der Waals surface area contributed by atoms with Gasteiger partial charge in [-0.15, -0.1) is 0 Å². The van der Waals surface area contributed by atoms with Crippen LogP contribution < -0.4 is 10.9 Å². The monoisotopic (exact) mass is 250 g/mol. The van der Waals surface area contributed by atoms with Gasteiger partial charge in [-0.3, -0.25) is 9.59 Å². The molecule has 2 aromatic heterocycles. The van der Waals surface area contributed by atoms with Crippen molar-refractivity contribution >= 4 is 23.3 Å². The number of hydrogen-bond donors (Lipinski definition) is 2. The van der Waals surface area contributed by atoms with Gasteiger partial charge in [0.1, 0.15) is 10.8 Å². The van der Waals surface area contributed by atoms with Crippen molar-refractivity contribution in [3.8, 4) is 0 Å². The van der Waals surface area contributed by atoms with Crippen molar-refractivity contribution in [1.82, 2.24) is 15.2 Å². The minimum atomic E-state index is -0.452. The molecule has 1 amide bonds. The molecule has 0 atom stereocenters. The second-order valence-corrected chi connectivity index (χ2v) is 3.49. The first-order valence-electron chi connectivity index (χ1n) is 4.65. The van der Waals surface area contributed by atoms with Crippen molar-refractivity contribution in [3.63, 3.8) is 0 Å². The number of halogens is 1. The van der Waals surface area contributed by atoms with Gasteiger partial charge in [0.2, 0.25) is 0 Å².